The molecule has 3 aromatic rings. The molecule has 0 fully saturated rings. The zero-order valence-corrected chi connectivity index (χ0v) is 14.6. The molecule has 0 aliphatic rings. The summed E-state index contributed by atoms with van der Waals surface area (Å²) in [6, 6.07) is 12.2. The number of rotatable bonds is 5. The summed E-state index contributed by atoms with van der Waals surface area (Å²) in [5, 5.41) is 2.44. The van der Waals surface area contributed by atoms with E-state index < -0.39 is 11.7 Å². The normalized spacial score (nSPS) is 12.9. The number of carbonyl (C=O) groups is 1. The van der Waals surface area contributed by atoms with Crippen molar-refractivity contribution in [2.24, 2.45) is 0 Å². The average Bonchev–Trinajstić information content (AvgIpc) is 3.03. The topological polar surface area (TPSA) is 57.8 Å². The lowest BCUT2D eigenvalue weighted by Crippen LogP contribution is -2.15. The van der Waals surface area contributed by atoms with Gasteiger partial charge in [0.1, 0.15) is 5.82 Å². The van der Waals surface area contributed by atoms with Gasteiger partial charge in [-0.1, -0.05) is 18.2 Å². The second-order valence-corrected chi connectivity index (χ2v) is 7.05. The van der Waals surface area contributed by atoms with Crippen LogP contribution in [0.3, 0.4) is 0 Å². The van der Waals surface area contributed by atoms with E-state index in [1.165, 1.54) is 23.9 Å². The number of carbonyl (C=O) groups excluding carboxylic acids is 1. The molecule has 0 spiro atoms. The van der Waals surface area contributed by atoms with Gasteiger partial charge in [0, 0.05) is 5.69 Å². The fourth-order valence-corrected chi connectivity index (χ4v) is 3.16. The quantitative estimate of drug-likeness (QED) is 0.655. The number of aromatic nitrogens is 2. The van der Waals surface area contributed by atoms with Crippen LogP contribution in [-0.4, -0.2) is 21.6 Å². The van der Waals surface area contributed by atoms with Gasteiger partial charge in [-0.25, -0.2) is 4.98 Å². The van der Waals surface area contributed by atoms with E-state index in [0.717, 1.165) is 29.0 Å². The Labute approximate surface area is 152 Å². The largest absolute Gasteiger partial charge is 0.416 e. The predicted octanol–water partition coefficient (Wildman–Crippen LogP) is 5.01. The number of imidazole rings is 1. The van der Waals surface area contributed by atoms with Crippen molar-refractivity contribution in [3.8, 4) is 0 Å². The van der Waals surface area contributed by atoms with E-state index in [2.05, 4.69) is 15.3 Å². The minimum Gasteiger partial charge on any atom is -0.341 e. The van der Waals surface area contributed by atoms with Gasteiger partial charge < -0.3 is 10.3 Å². The Hall–Kier alpha value is -2.48. The standard InChI is InChI=1S/C18H16F3N3OS/c1-11(17-23-14-7-2-3-8-15(14)24-17)26-10-16(25)22-13-6-4-5-12(9-13)18(19,20)21/h2-9,11H,10H2,1H3,(H,22,25)(H,23,24)/t11-/m0/s1. The van der Waals surface area contributed by atoms with Gasteiger partial charge in [0.2, 0.25) is 5.91 Å². The van der Waals surface area contributed by atoms with E-state index in [-0.39, 0.29) is 22.6 Å². The maximum Gasteiger partial charge on any atom is 0.416 e. The summed E-state index contributed by atoms with van der Waals surface area (Å²) in [4.78, 5) is 19.7. The molecule has 3 rings (SSSR count). The Morgan fingerprint density at radius 1 is 1.23 bits per heavy atom. The fourth-order valence-electron chi connectivity index (χ4n) is 2.42. The lowest BCUT2D eigenvalue weighted by molar-refractivity contribution is -0.137. The first-order valence-electron chi connectivity index (χ1n) is 7.86. The van der Waals surface area contributed by atoms with Crippen LogP contribution in [0.1, 0.15) is 23.6 Å². The van der Waals surface area contributed by atoms with E-state index >= 15 is 0 Å². The van der Waals surface area contributed by atoms with Crippen LogP contribution >= 0.6 is 11.8 Å². The highest BCUT2D eigenvalue weighted by atomic mass is 32.2. The molecule has 1 aromatic heterocycles. The third-order valence-electron chi connectivity index (χ3n) is 3.73. The lowest BCUT2D eigenvalue weighted by atomic mass is 10.2. The minimum atomic E-state index is -4.44. The molecule has 1 heterocycles. The maximum atomic E-state index is 12.7. The summed E-state index contributed by atoms with van der Waals surface area (Å²) in [7, 11) is 0. The third-order valence-corrected chi connectivity index (χ3v) is 4.88. The van der Waals surface area contributed by atoms with Crippen molar-refractivity contribution >= 4 is 34.4 Å². The van der Waals surface area contributed by atoms with Gasteiger partial charge in [-0.15, -0.1) is 11.8 Å². The van der Waals surface area contributed by atoms with Crippen molar-refractivity contribution < 1.29 is 18.0 Å². The summed E-state index contributed by atoms with van der Waals surface area (Å²) in [5.74, 6) is 0.495. The first-order valence-corrected chi connectivity index (χ1v) is 8.91. The van der Waals surface area contributed by atoms with Crippen LogP contribution in [0.5, 0.6) is 0 Å². The molecule has 1 atom stereocenters. The number of halogens is 3. The van der Waals surface area contributed by atoms with Crippen molar-refractivity contribution in [2.75, 3.05) is 11.1 Å². The number of nitrogens with one attached hydrogen (secondary N) is 2. The van der Waals surface area contributed by atoms with Crippen LogP contribution in [-0.2, 0) is 11.0 Å². The molecule has 0 radical (unpaired) electrons. The molecule has 0 bridgehead atoms. The van der Waals surface area contributed by atoms with Crippen LogP contribution in [0.15, 0.2) is 48.5 Å². The van der Waals surface area contributed by atoms with Crippen LogP contribution in [0.4, 0.5) is 18.9 Å². The molecule has 136 valence electrons. The number of para-hydroxylation sites is 2. The van der Waals surface area contributed by atoms with Crippen molar-refractivity contribution in [3.63, 3.8) is 0 Å². The van der Waals surface area contributed by atoms with E-state index in [1.54, 1.807) is 0 Å². The molecule has 0 unspecified atom stereocenters. The van der Waals surface area contributed by atoms with Gasteiger partial charge in [-0.05, 0) is 37.3 Å². The molecule has 8 heteroatoms. The Kier molecular flexibility index (Phi) is 5.22. The van der Waals surface area contributed by atoms with Crippen LogP contribution in [0, 0.1) is 0 Å². The Morgan fingerprint density at radius 3 is 2.73 bits per heavy atom. The van der Waals surface area contributed by atoms with E-state index in [0.29, 0.717) is 0 Å². The number of alkyl halides is 3. The molecule has 4 nitrogen and oxygen atoms in total. The van der Waals surface area contributed by atoms with Gasteiger partial charge >= 0.3 is 6.18 Å². The van der Waals surface area contributed by atoms with Gasteiger partial charge in [0.15, 0.2) is 0 Å². The highest BCUT2D eigenvalue weighted by molar-refractivity contribution is 8.00. The van der Waals surface area contributed by atoms with Crippen molar-refractivity contribution in [3.05, 3.63) is 59.9 Å². The first kappa shape index (κ1) is 18.3. The summed E-state index contributed by atoms with van der Waals surface area (Å²) < 4.78 is 38.1. The molecule has 0 aliphatic heterocycles. The molecule has 0 saturated heterocycles. The number of thioether (sulfide) groups is 1. The molecular weight excluding hydrogens is 363 g/mol. The predicted molar refractivity (Wildman–Crippen MR) is 97.0 cm³/mol. The summed E-state index contributed by atoms with van der Waals surface area (Å²) >= 11 is 1.35. The van der Waals surface area contributed by atoms with E-state index in [4.69, 9.17) is 0 Å². The summed E-state index contributed by atoms with van der Waals surface area (Å²) in [6.07, 6.45) is -4.44. The SMILES string of the molecule is C[C@H](SCC(=O)Nc1cccc(C(F)(F)F)c1)c1nc2ccccc2[nH]1. The molecule has 1 amide bonds. The number of aromatic amines is 1. The second-order valence-electron chi connectivity index (χ2n) is 5.72. The number of amides is 1. The smallest absolute Gasteiger partial charge is 0.341 e. The zero-order valence-electron chi connectivity index (χ0n) is 13.8. The lowest BCUT2D eigenvalue weighted by Gasteiger charge is -2.11. The molecule has 0 aliphatic carbocycles. The first-order chi connectivity index (χ1) is 12.3. The number of nitrogens with zero attached hydrogens (tertiary/aromatic N) is 1. The van der Waals surface area contributed by atoms with Gasteiger partial charge in [0.25, 0.3) is 0 Å². The van der Waals surface area contributed by atoms with Crippen molar-refractivity contribution in [1.82, 2.24) is 9.97 Å². The third kappa shape index (κ3) is 4.37. The van der Waals surface area contributed by atoms with Crippen molar-refractivity contribution in [2.45, 2.75) is 18.3 Å². The number of anilines is 1. The highest BCUT2D eigenvalue weighted by Gasteiger charge is 2.30. The molecule has 26 heavy (non-hydrogen) atoms. The number of benzene rings is 2. The van der Waals surface area contributed by atoms with Crippen LogP contribution in [0.25, 0.3) is 11.0 Å². The summed E-state index contributed by atoms with van der Waals surface area (Å²) in [5.41, 5.74) is 1.10. The number of fused-ring (bicyclic) bond motifs is 1. The Morgan fingerprint density at radius 2 is 2.00 bits per heavy atom. The zero-order chi connectivity index (χ0) is 18.7. The summed E-state index contributed by atoms with van der Waals surface area (Å²) in [6.45, 7) is 1.92. The maximum absolute atomic E-state index is 12.7. The number of H-pyrrole nitrogens is 1. The number of hydrogen-bond acceptors (Lipinski definition) is 3. The van der Waals surface area contributed by atoms with Gasteiger partial charge in [-0.2, -0.15) is 13.2 Å². The minimum absolute atomic E-state index is 0.0605. The molecule has 2 N–H and O–H groups in total. The van der Waals surface area contributed by atoms with Gasteiger partial charge in [0.05, 0.1) is 27.6 Å². The van der Waals surface area contributed by atoms with Crippen molar-refractivity contribution in [1.29, 1.82) is 0 Å². The van der Waals surface area contributed by atoms with Crippen LogP contribution in [0.2, 0.25) is 0 Å². The van der Waals surface area contributed by atoms with E-state index in [1.807, 2.05) is 31.2 Å². The average molecular weight is 379 g/mol. The Bertz CT molecular complexity index is 890. The second kappa shape index (κ2) is 7.41. The van der Waals surface area contributed by atoms with E-state index in [9.17, 15) is 18.0 Å². The molecule has 0 saturated carbocycles. The highest BCUT2D eigenvalue weighted by Crippen LogP contribution is 2.31. The monoisotopic (exact) mass is 379 g/mol. The molecular formula is C18H16F3N3OS. The Balaban J connectivity index is 1.58. The number of hydrogen-bond donors (Lipinski definition) is 2. The van der Waals surface area contributed by atoms with Gasteiger partial charge in [-0.3, -0.25) is 4.79 Å². The molecule has 2 aromatic carbocycles. The fraction of sp³-hybridized carbons (Fsp3) is 0.222. The van der Waals surface area contributed by atoms with Crippen LogP contribution < -0.4 is 5.32 Å².